The van der Waals surface area contributed by atoms with E-state index in [1.165, 1.54) is 18.4 Å². The Morgan fingerprint density at radius 1 is 1.26 bits per heavy atom. The molecule has 0 bridgehead atoms. The average Bonchev–Trinajstić information content (AvgIpc) is 3.33. The summed E-state index contributed by atoms with van der Waals surface area (Å²) in [6, 6.07) is 6.61. The molecule has 1 saturated carbocycles. The van der Waals surface area contributed by atoms with Crippen LogP contribution in [0.1, 0.15) is 30.3 Å². The number of imidazole rings is 1. The van der Waals surface area contributed by atoms with E-state index in [0.717, 1.165) is 36.2 Å². The van der Waals surface area contributed by atoms with Gasteiger partial charge in [0.15, 0.2) is 11.5 Å². The number of hydrogen-bond acceptors (Lipinski definition) is 4. The van der Waals surface area contributed by atoms with Crippen LogP contribution < -0.4 is 14.8 Å². The van der Waals surface area contributed by atoms with Crippen LogP contribution in [-0.4, -0.2) is 29.3 Å². The zero-order valence-electron chi connectivity index (χ0n) is 13.5. The SMILES string of the molecule is Cn1ccnc1C(NCCc1ccc2c(c1)OCCO2)C1CC1. The summed E-state index contributed by atoms with van der Waals surface area (Å²) in [4.78, 5) is 4.52. The molecule has 2 heterocycles. The van der Waals surface area contributed by atoms with Gasteiger partial charge in [-0.2, -0.15) is 0 Å². The van der Waals surface area contributed by atoms with E-state index in [0.29, 0.717) is 19.3 Å². The average molecular weight is 313 g/mol. The Kier molecular flexibility index (Phi) is 3.95. The highest BCUT2D eigenvalue weighted by Gasteiger charge is 2.34. The van der Waals surface area contributed by atoms with Gasteiger partial charge in [0.05, 0.1) is 6.04 Å². The zero-order valence-corrected chi connectivity index (χ0v) is 13.5. The molecule has 1 aromatic heterocycles. The van der Waals surface area contributed by atoms with Crippen LogP contribution in [0.3, 0.4) is 0 Å². The number of nitrogens with one attached hydrogen (secondary N) is 1. The van der Waals surface area contributed by atoms with E-state index >= 15 is 0 Å². The summed E-state index contributed by atoms with van der Waals surface area (Å²) in [5, 5.41) is 3.70. The first kappa shape index (κ1) is 14.6. The molecule has 23 heavy (non-hydrogen) atoms. The van der Waals surface area contributed by atoms with Gasteiger partial charge in [-0.3, -0.25) is 0 Å². The van der Waals surface area contributed by atoms with Crippen molar-refractivity contribution in [3.8, 4) is 11.5 Å². The molecule has 1 aromatic carbocycles. The number of aryl methyl sites for hydroxylation is 1. The lowest BCUT2D eigenvalue weighted by Gasteiger charge is -2.20. The Morgan fingerprint density at radius 2 is 2.09 bits per heavy atom. The Balaban J connectivity index is 1.38. The monoisotopic (exact) mass is 313 g/mol. The van der Waals surface area contributed by atoms with Gasteiger partial charge in [0.25, 0.3) is 0 Å². The minimum Gasteiger partial charge on any atom is -0.486 e. The molecule has 0 amide bonds. The van der Waals surface area contributed by atoms with Crippen molar-refractivity contribution in [3.63, 3.8) is 0 Å². The van der Waals surface area contributed by atoms with Crippen molar-refractivity contribution in [2.24, 2.45) is 13.0 Å². The van der Waals surface area contributed by atoms with E-state index in [1.807, 2.05) is 18.5 Å². The molecule has 0 saturated heterocycles. The van der Waals surface area contributed by atoms with Crippen LogP contribution in [0.25, 0.3) is 0 Å². The highest BCUT2D eigenvalue weighted by Crippen LogP contribution is 2.40. The minimum absolute atomic E-state index is 0.368. The fraction of sp³-hybridized carbons (Fsp3) is 0.500. The molecule has 0 radical (unpaired) electrons. The van der Waals surface area contributed by atoms with Gasteiger partial charge in [-0.05, 0) is 49.4 Å². The summed E-state index contributed by atoms with van der Waals surface area (Å²) in [7, 11) is 2.07. The largest absolute Gasteiger partial charge is 0.486 e. The lowest BCUT2D eigenvalue weighted by atomic mass is 10.1. The molecule has 122 valence electrons. The van der Waals surface area contributed by atoms with E-state index < -0.39 is 0 Å². The predicted octanol–water partition coefficient (Wildman–Crippen LogP) is 2.47. The molecular formula is C18H23N3O2. The van der Waals surface area contributed by atoms with Crippen molar-refractivity contribution in [2.75, 3.05) is 19.8 Å². The molecule has 1 fully saturated rings. The third kappa shape index (κ3) is 3.20. The first-order valence-corrected chi connectivity index (χ1v) is 8.40. The predicted molar refractivity (Wildman–Crippen MR) is 87.8 cm³/mol. The molecule has 2 aliphatic rings. The first-order valence-electron chi connectivity index (χ1n) is 8.40. The normalized spacial score (nSPS) is 18.0. The van der Waals surface area contributed by atoms with Crippen LogP contribution in [0.4, 0.5) is 0 Å². The highest BCUT2D eigenvalue weighted by atomic mass is 16.6. The standard InChI is InChI=1S/C18H23N3O2/c1-21-9-8-20-18(21)17(14-3-4-14)19-7-6-13-2-5-15-16(12-13)23-11-10-22-15/h2,5,8-9,12,14,17,19H,3-4,6-7,10-11H2,1H3. The lowest BCUT2D eigenvalue weighted by Crippen LogP contribution is -2.27. The van der Waals surface area contributed by atoms with Gasteiger partial charge in [0.1, 0.15) is 19.0 Å². The van der Waals surface area contributed by atoms with Gasteiger partial charge < -0.3 is 19.4 Å². The fourth-order valence-corrected chi connectivity index (χ4v) is 3.19. The van der Waals surface area contributed by atoms with Crippen molar-refractivity contribution < 1.29 is 9.47 Å². The van der Waals surface area contributed by atoms with Crippen molar-refractivity contribution in [1.82, 2.24) is 14.9 Å². The number of benzene rings is 1. The molecular weight excluding hydrogens is 290 g/mol. The Morgan fingerprint density at radius 3 is 2.83 bits per heavy atom. The Labute approximate surface area is 136 Å². The smallest absolute Gasteiger partial charge is 0.161 e. The topological polar surface area (TPSA) is 48.3 Å². The number of hydrogen-bond donors (Lipinski definition) is 1. The summed E-state index contributed by atoms with van der Waals surface area (Å²) < 4.78 is 13.4. The maximum absolute atomic E-state index is 5.66. The van der Waals surface area contributed by atoms with Crippen LogP contribution in [0.2, 0.25) is 0 Å². The third-order valence-electron chi connectivity index (χ3n) is 4.61. The van der Waals surface area contributed by atoms with E-state index in [4.69, 9.17) is 9.47 Å². The second-order valence-corrected chi connectivity index (χ2v) is 6.39. The molecule has 1 aliphatic heterocycles. The summed E-state index contributed by atoms with van der Waals surface area (Å²) in [5.74, 6) is 3.61. The molecule has 1 N–H and O–H groups in total. The quantitative estimate of drug-likeness (QED) is 0.890. The summed E-state index contributed by atoms with van der Waals surface area (Å²) in [6.45, 7) is 2.21. The second kappa shape index (κ2) is 6.24. The highest BCUT2D eigenvalue weighted by molar-refractivity contribution is 5.43. The molecule has 5 nitrogen and oxygen atoms in total. The van der Waals surface area contributed by atoms with Gasteiger partial charge in [-0.1, -0.05) is 6.07 Å². The number of aromatic nitrogens is 2. The van der Waals surface area contributed by atoms with Gasteiger partial charge in [0.2, 0.25) is 0 Å². The van der Waals surface area contributed by atoms with Crippen LogP contribution >= 0.6 is 0 Å². The van der Waals surface area contributed by atoms with Crippen LogP contribution in [-0.2, 0) is 13.5 Å². The number of rotatable bonds is 6. The molecule has 1 unspecified atom stereocenters. The van der Waals surface area contributed by atoms with Gasteiger partial charge >= 0.3 is 0 Å². The number of fused-ring (bicyclic) bond motifs is 1. The lowest BCUT2D eigenvalue weighted by molar-refractivity contribution is 0.171. The molecule has 0 spiro atoms. The summed E-state index contributed by atoms with van der Waals surface area (Å²) >= 11 is 0. The van der Waals surface area contributed by atoms with Crippen LogP contribution in [0.5, 0.6) is 11.5 Å². The first-order chi connectivity index (χ1) is 11.3. The van der Waals surface area contributed by atoms with Crippen molar-refractivity contribution in [1.29, 1.82) is 0 Å². The van der Waals surface area contributed by atoms with Crippen molar-refractivity contribution in [3.05, 3.63) is 42.0 Å². The molecule has 4 rings (SSSR count). The second-order valence-electron chi connectivity index (χ2n) is 6.39. The van der Waals surface area contributed by atoms with Gasteiger partial charge in [-0.15, -0.1) is 0 Å². The zero-order chi connectivity index (χ0) is 15.6. The van der Waals surface area contributed by atoms with E-state index in [2.05, 4.69) is 34.0 Å². The van der Waals surface area contributed by atoms with Gasteiger partial charge in [0, 0.05) is 19.4 Å². The Bertz CT molecular complexity index is 679. The molecule has 2 aromatic rings. The van der Waals surface area contributed by atoms with Gasteiger partial charge in [-0.25, -0.2) is 4.98 Å². The molecule has 5 heteroatoms. The number of ether oxygens (including phenoxy) is 2. The summed E-state index contributed by atoms with van der Waals surface area (Å²) in [5.41, 5.74) is 1.27. The summed E-state index contributed by atoms with van der Waals surface area (Å²) in [6.07, 6.45) is 7.48. The van der Waals surface area contributed by atoms with E-state index in [9.17, 15) is 0 Å². The van der Waals surface area contributed by atoms with Crippen LogP contribution in [0, 0.1) is 5.92 Å². The van der Waals surface area contributed by atoms with Crippen molar-refractivity contribution in [2.45, 2.75) is 25.3 Å². The maximum atomic E-state index is 5.66. The van der Waals surface area contributed by atoms with E-state index in [-0.39, 0.29) is 0 Å². The number of nitrogens with zero attached hydrogens (tertiary/aromatic N) is 2. The third-order valence-corrected chi connectivity index (χ3v) is 4.61. The van der Waals surface area contributed by atoms with E-state index in [1.54, 1.807) is 0 Å². The van der Waals surface area contributed by atoms with Crippen molar-refractivity contribution >= 4 is 0 Å². The maximum Gasteiger partial charge on any atom is 0.161 e. The molecule has 1 aliphatic carbocycles. The minimum atomic E-state index is 0.368. The fourth-order valence-electron chi connectivity index (χ4n) is 3.19. The Hall–Kier alpha value is -2.01. The molecule has 1 atom stereocenters. The van der Waals surface area contributed by atoms with Crippen LogP contribution in [0.15, 0.2) is 30.6 Å².